The van der Waals surface area contributed by atoms with Gasteiger partial charge in [0.25, 0.3) is 0 Å². The van der Waals surface area contributed by atoms with Crippen LogP contribution in [-0.2, 0) is 5.41 Å². The Balaban J connectivity index is 2.75. The molecule has 0 fully saturated rings. The average molecular weight is 175 g/mol. The molecule has 0 radical (unpaired) electrons. The van der Waals surface area contributed by atoms with Gasteiger partial charge < -0.3 is 4.40 Å². The summed E-state index contributed by atoms with van der Waals surface area (Å²) in [6, 6.07) is 0. The standard InChI is InChI=1S/C10H13N3/c1-10(2,3)9-8-6-11-7-13(8)5-4-12-9/h4-7H,1-3H3. The van der Waals surface area contributed by atoms with Crippen LogP contribution in [0.5, 0.6) is 0 Å². The van der Waals surface area contributed by atoms with Gasteiger partial charge in [0.2, 0.25) is 0 Å². The minimum Gasteiger partial charge on any atom is -0.303 e. The van der Waals surface area contributed by atoms with Crippen molar-refractivity contribution in [3.63, 3.8) is 0 Å². The van der Waals surface area contributed by atoms with Crippen molar-refractivity contribution in [2.75, 3.05) is 0 Å². The maximum Gasteiger partial charge on any atom is 0.0993 e. The van der Waals surface area contributed by atoms with E-state index in [0.717, 1.165) is 11.2 Å². The van der Waals surface area contributed by atoms with Gasteiger partial charge in [-0.1, -0.05) is 20.8 Å². The van der Waals surface area contributed by atoms with Gasteiger partial charge in [0, 0.05) is 17.8 Å². The summed E-state index contributed by atoms with van der Waals surface area (Å²) in [5.41, 5.74) is 2.25. The van der Waals surface area contributed by atoms with E-state index in [1.165, 1.54) is 0 Å². The summed E-state index contributed by atoms with van der Waals surface area (Å²) < 4.78 is 1.99. The summed E-state index contributed by atoms with van der Waals surface area (Å²) in [4.78, 5) is 8.49. The molecule has 0 bridgehead atoms. The molecule has 3 heteroatoms. The smallest absolute Gasteiger partial charge is 0.0993 e. The summed E-state index contributed by atoms with van der Waals surface area (Å²) in [5.74, 6) is 0. The first-order chi connectivity index (χ1) is 6.09. The van der Waals surface area contributed by atoms with E-state index in [9.17, 15) is 0 Å². The molecule has 2 aromatic rings. The molecule has 0 N–H and O–H groups in total. The van der Waals surface area contributed by atoms with Crippen molar-refractivity contribution in [3.05, 3.63) is 30.6 Å². The summed E-state index contributed by atoms with van der Waals surface area (Å²) in [5, 5.41) is 0. The molecule has 13 heavy (non-hydrogen) atoms. The van der Waals surface area contributed by atoms with E-state index in [4.69, 9.17) is 0 Å². The first-order valence-electron chi connectivity index (χ1n) is 4.36. The highest BCUT2D eigenvalue weighted by molar-refractivity contribution is 5.52. The Hall–Kier alpha value is -1.38. The van der Waals surface area contributed by atoms with Crippen LogP contribution in [-0.4, -0.2) is 14.4 Å². The largest absolute Gasteiger partial charge is 0.303 e. The van der Waals surface area contributed by atoms with Crippen LogP contribution in [0.25, 0.3) is 5.52 Å². The fourth-order valence-corrected chi connectivity index (χ4v) is 1.43. The highest BCUT2D eigenvalue weighted by atomic mass is 15.0. The van der Waals surface area contributed by atoms with Gasteiger partial charge in [0.05, 0.1) is 23.7 Å². The van der Waals surface area contributed by atoms with E-state index >= 15 is 0 Å². The lowest BCUT2D eigenvalue weighted by molar-refractivity contribution is 0.572. The fourth-order valence-electron chi connectivity index (χ4n) is 1.43. The van der Waals surface area contributed by atoms with Gasteiger partial charge in [-0.2, -0.15) is 0 Å². The van der Waals surface area contributed by atoms with Crippen molar-refractivity contribution >= 4 is 5.52 Å². The molecular weight excluding hydrogens is 162 g/mol. The molecule has 0 saturated heterocycles. The maximum absolute atomic E-state index is 4.39. The molecule has 0 aromatic carbocycles. The molecule has 0 aliphatic rings. The molecule has 0 saturated carbocycles. The van der Waals surface area contributed by atoms with Crippen LogP contribution in [0.1, 0.15) is 26.5 Å². The quantitative estimate of drug-likeness (QED) is 0.613. The lowest BCUT2D eigenvalue weighted by atomic mass is 9.91. The summed E-state index contributed by atoms with van der Waals surface area (Å²) >= 11 is 0. The molecule has 3 nitrogen and oxygen atoms in total. The van der Waals surface area contributed by atoms with Gasteiger partial charge in [-0.3, -0.25) is 4.98 Å². The lowest BCUT2D eigenvalue weighted by Gasteiger charge is -2.18. The maximum atomic E-state index is 4.39. The number of rotatable bonds is 0. The second kappa shape index (κ2) is 2.55. The number of aromatic nitrogens is 3. The summed E-state index contributed by atoms with van der Waals surface area (Å²) in [6.07, 6.45) is 7.38. The van der Waals surface area contributed by atoms with Crippen molar-refractivity contribution in [2.45, 2.75) is 26.2 Å². The Kier molecular flexibility index (Phi) is 1.62. The molecule has 0 spiro atoms. The monoisotopic (exact) mass is 175 g/mol. The van der Waals surface area contributed by atoms with Gasteiger partial charge in [-0.15, -0.1) is 0 Å². The van der Waals surface area contributed by atoms with Crippen molar-refractivity contribution in [3.8, 4) is 0 Å². The van der Waals surface area contributed by atoms with Crippen LogP contribution in [0.3, 0.4) is 0 Å². The van der Waals surface area contributed by atoms with E-state index in [2.05, 4.69) is 30.7 Å². The van der Waals surface area contributed by atoms with Crippen LogP contribution in [0, 0.1) is 0 Å². The lowest BCUT2D eigenvalue weighted by Crippen LogP contribution is -2.14. The SMILES string of the molecule is CC(C)(C)c1nccn2cncc12. The van der Waals surface area contributed by atoms with Crippen LogP contribution < -0.4 is 0 Å². The van der Waals surface area contributed by atoms with Crippen molar-refractivity contribution in [1.29, 1.82) is 0 Å². The molecule has 68 valence electrons. The Morgan fingerprint density at radius 3 is 2.77 bits per heavy atom. The van der Waals surface area contributed by atoms with Crippen molar-refractivity contribution in [1.82, 2.24) is 14.4 Å². The summed E-state index contributed by atoms with van der Waals surface area (Å²) in [6.45, 7) is 6.47. The number of nitrogens with zero attached hydrogens (tertiary/aromatic N) is 3. The molecule has 0 aliphatic heterocycles. The van der Waals surface area contributed by atoms with Gasteiger partial charge in [0.15, 0.2) is 0 Å². The van der Waals surface area contributed by atoms with Gasteiger partial charge >= 0.3 is 0 Å². The number of imidazole rings is 1. The van der Waals surface area contributed by atoms with Crippen molar-refractivity contribution < 1.29 is 0 Å². The van der Waals surface area contributed by atoms with E-state index in [-0.39, 0.29) is 5.41 Å². The zero-order valence-corrected chi connectivity index (χ0v) is 8.15. The zero-order valence-electron chi connectivity index (χ0n) is 8.15. The first kappa shape index (κ1) is 8.23. The number of fused-ring (bicyclic) bond motifs is 1. The number of hydrogen-bond acceptors (Lipinski definition) is 2. The third-order valence-corrected chi connectivity index (χ3v) is 2.05. The third kappa shape index (κ3) is 1.30. The molecule has 0 atom stereocenters. The molecular formula is C10H13N3. The first-order valence-corrected chi connectivity index (χ1v) is 4.36. The molecule has 0 amide bonds. The number of hydrogen-bond donors (Lipinski definition) is 0. The second-order valence-corrected chi connectivity index (χ2v) is 4.21. The van der Waals surface area contributed by atoms with Crippen LogP contribution >= 0.6 is 0 Å². The molecule has 2 heterocycles. The fraction of sp³-hybridized carbons (Fsp3) is 0.400. The Labute approximate surface area is 77.4 Å². The molecule has 0 aliphatic carbocycles. The van der Waals surface area contributed by atoms with Gasteiger partial charge in [-0.05, 0) is 0 Å². The van der Waals surface area contributed by atoms with Crippen LogP contribution in [0.15, 0.2) is 24.9 Å². The normalized spacial score (nSPS) is 12.2. The van der Waals surface area contributed by atoms with E-state index < -0.39 is 0 Å². The molecule has 2 aromatic heterocycles. The highest BCUT2D eigenvalue weighted by Crippen LogP contribution is 2.23. The zero-order chi connectivity index (χ0) is 9.47. The van der Waals surface area contributed by atoms with E-state index in [1.807, 2.05) is 23.0 Å². The Bertz CT molecular complexity index is 423. The Morgan fingerprint density at radius 2 is 2.08 bits per heavy atom. The average Bonchev–Trinajstić information content (AvgIpc) is 2.48. The predicted octanol–water partition coefficient (Wildman–Crippen LogP) is 2.03. The van der Waals surface area contributed by atoms with Crippen LogP contribution in [0.2, 0.25) is 0 Å². The topological polar surface area (TPSA) is 30.2 Å². The second-order valence-electron chi connectivity index (χ2n) is 4.21. The Morgan fingerprint density at radius 1 is 1.31 bits per heavy atom. The minimum absolute atomic E-state index is 0.0720. The van der Waals surface area contributed by atoms with Gasteiger partial charge in [-0.25, -0.2) is 4.98 Å². The summed E-state index contributed by atoms with van der Waals surface area (Å²) in [7, 11) is 0. The molecule has 0 unspecified atom stereocenters. The van der Waals surface area contributed by atoms with Crippen LogP contribution in [0.4, 0.5) is 0 Å². The van der Waals surface area contributed by atoms with Crippen molar-refractivity contribution in [2.24, 2.45) is 0 Å². The van der Waals surface area contributed by atoms with Gasteiger partial charge in [0.1, 0.15) is 0 Å². The molecule has 2 rings (SSSR count). The predicted molar refractivity (Wildman–Crippen MR) is 51.7 cm³/mol. The van der Waals surface area contributed by atoms with E-state index in [1.54, 1.807) is 6.33 Å². The highest BCUT2D eigenvalue weighted by Gasteiger charge is 2.18. The third-order valence-electron chi connectivity index (χ3n) is 2.05. The minimum atomic E-state index is 0.0720. The van der Waals surface area contributed by atoms with E-state index in [0.29, 0.717) is 0 Å².